The summed E-state index contributed by atoms with van der Waals surface area (Å²) in [4.78, 5) is 26.7. The zero-order valence-corrected chi connectivity index (χ0v) is 12.7. The highest BCUT2D eigenvalue weighted by atomic mass is 32.2. The maximum atomic E-state index is 11.3. The lowest BCUT2D eigenvalue weighted by Gasteiger charge is -2.34. The van der Waals surface area contributed by atoms with Gasteiger partial charge in [-0.25, -0.2) is 4.98 Å². The number of quaternary nitrogens is 1. The van der Waals surface area contributed by atoms with Gasteiger partial charge in [-0.2, -0.15) is 0 Å². The van der Waals surface area contributed by atoms with E-state index in [0.29, 0.717) is 10.7 Å². The summed E-state index contributed by atoms with van der Waals surface area (Å²) in [5, 5.41) is 11.9. The number of hydrogen-bond donors (Lipinski definition) is 0. The number of nitrogens with zero attached hydrogens (tertiary/aromatic N) is 3. The van der Waals surface area contributed by atoms with Crippen molar-refractivity contribution in [3.05, 3.63) is 12.0 Å². The highest BCUT2D eigenvalue weighted by molar-refractivity contribution is 8.13. The van der Waals surface area contributed by atoms with Crippen molar-refractivity contribution >= 4 is 22.8 Å². The van der Waals surface area contributed by atoms with Gasteiger partial charge in [-0.1, -0.05) is 0 Å². The van der Waals surface area contributed by atoms with Crippen LogP contribution in [0.25, 0.3) is 0 Å². The van der Waals surface area contributed by atoms with E-state index in [1.54, 1.807) is 39.1 Å². The lowest BCUT2D eigenvalue weighted by Crippen LogP contribution is -2.56. The maximum Gasteiger partial charge on any atom is 0.192 e. The third-order valence-electron chi connectivity index (χ3n) is 2.79. The minimum Gasteiger partial charge on any atom is -0.544 e. The SMILES string of the molecule is CC(=O)Sc1c(C[C@@H](C(=O)[O-])[N+](C)(C)C)ncn1C. The molecule has 19 heavy (non-hydrogen) atoms. The Hall–Kier alpha value is -1.34. The van der Waals surface area contributed by atoms with Gasteiger partial charge in [-0.15, -0.1) is 0 Å². The van der Waals surface area contributed by atoms with Crippen LogP contribution in [0.3, 0.4) is 0 Å². The molecule has 0 fully saturated rings. The summed E-state index contributed by atoms with van der Waals surface area (Å²) >= 11 is 1.06. The van der Waals surface area contributed by atoms with Crippen molar-refractivity contribution in [3.63, 3.8) is 0 Å². The Morgan fingerprint density at radius 1 is 1.47 bits per heavy atom. The first kappa shape index (κ1) is 15.7. The second kappa shape index (κ2) is 5.75. The van der Waals surface area contributed by atoms with E-state index in [9.17, 15) is 14.7 Å². The summed E-state index contributed by atoms with van der Waals surface area (Å²) in [7, 11) is 7.16. The van der Waals surface area contributed by atoms with Gasteiger partial charge in [0.2, 0.25) is 0 Å². The fourth-order valence-corrected chi connectivity index (χ4v) is 2.45. The molecule has 0 aliphatic rings. The predicted octanol–water partition coefficient (Wildman–Crippen LogP) is -0.574. The van der Waals surface area contributed by atoms with Crippen molar-refractivity contribution in [2.75, 3.05) is 21.1 Å². The third-order valence-corrected chi connectivity index (χ3v) is 3.79. The molecule has 7 heteroatoms. The lowest BCUT2D eigenvalue weighted by molar-refractivity contribution is -0.889. The van der Waals surface area contributed by atoms with Gasteiger partial charge in [-0.3, -0.25) is 4.79 Å². The van der Waals surface area contributed by atoms with Crippen molar-refractivity contribution < 1.29 is 19.2 Å². The number of carbonyl (C=O) groups is 2. The van der Waals surface area contributed by atoms with E-state index in [1.807, 2.05) is 0 Å². The molecule has 0 radical (unpaired) electrons. The molecular weight excluding hydrogens is 266 g/mol. The monoisotopic (exact) mass is 285 g/mol. The topological polar surface area (TPSA) is 75.0 Å². The second-order valence-electron chi connectivity index (χ2n) is 5.36. The molecule has 0 unspecified atom stereocenters. The molecule has 0 N–H and O–H groups in total. The van der Waals surface area contributed by atoms with Crippen LogP contribution in [0.15, 0.2) is 11.4 Å². The smallest absolute Gasteiger partial charge is 0.192 e. The molecule has 0 aromatic carbocycles. The van der Waals surface area contributed by atoms with Gasteiger partial charge in [0.05, 0.1) is 45.6 Å². The Kier molecular flexibility index (Phi) is 4.75. The van der Waals surface area contributed by atoms with Crippen LogP contribution in [0.5, 0.6) is 0 Å². The first-order chi connectivity index (χ1) is 8.62. The van der Waals surface area contributed by atoms with Gasteiger partial charge in [0.25, 0.3) is 0 Å². The first-order valence-electron chi connectivity index (χ1n) is 5.83. The molecule has 0 amide bonds. The number of imidazole rings is 1. The Morgan fingerprint density at radius 3 is 2.47 bits per heavy atom. The van der Waals surface area contributed by atoms with Gasteiger partial charge >= 0.3 is 0 Å². The summed E-state index contributed by atoms with van der Waals surface area (Å²) in [6.45, 7) is 1.47. The standard InChI is InChI=1S/C12H19N3O3S/c1-8(16)19-11-9(13-7-14(11)2)6-10(12(17)18)15(3,4)5/h7,10H,6H2,1-5H3/t10-/m0/s1. The predicted molar refractivity (Wildman–Crippen MR) is 70.3 cm³/mol. The Bertz CT molecular complexity index is 491. The third kappa shape index (κ3) is 4.07. The molecule has 0 saturated heterocycles. The number of aryl methyl sites for hydroxylation is 1. The fraction of sp³-hybridized carbons (Fsp3) is 0.583. The van der Waals surface area contributed by atoms with Gasteiger partial charge in [0.15, 0.2) is 5.12 Å². The van der Waals surface area contributed by atoms with Crippen LogP contribution >= 0.6 is 11.8 Å². The maximum absolute atomic E-state index is 11.3. The number of aromatic nitrogens is 2. The number of hydrogen-bond acceptors (Lipinski definition) is 5. The molecule has 0 saturated carbocycles. The number of thioether (sulfide) groups is 1. The van der Waals surface area contributed by atoms with Crippen LogP contribution in [0.4, 0.5) is 0 Å². The molecule has 6 nitrogen and oxygen atoms in total. The van der Waals surface area contributed by atoms with Crippen LogP contribution in [0.1, 0.15) is 12.6 Å². The largest absolute Gasteiger partial charge is 0.544 e. The van der Waals surface area contributed by atoms with E-state index in [0.717, 1.165) is 11.8 Å². The van der Waals surface area contributed by atoms with E-state index >= 15 is 0 Å². The van der Waals surface area contributed by atoms with Crippen molar-refractivity contribution in [2.45, 2.75) is 24.4 Å². The summed E-state index contributed by atoms with van der Waals surface area (Å²) in [5.41, 5.74) is 0.616. The van der Waals surface area contributed by atoms with Gasteiger partial charge in [-0.05, 0) is 11.8 Å². The highest BCUT2D eigenvalue weighted by Crippen LogP contribution is 2.24. The Balaban J connectivity index is 3.04. The molecule has 1 rings (SSSR count). The van der Waals surface area contributed by atoms with Crippen LogP contribution in [-0.2, 0) is 23.1 Å². The summed E-state index contributed by atoms with van der Waals surface area (Å²) in [6.07, 6.45) is 1.82. The van der Waals surface area contributed by atoms with Crippen LogP contribution in [0, 0.1) is 0 Å². The van der Waals surface area contributed by atoms with Crippen LogP contribution in [-0.4, -0.2) is 52.3 Å². The molecule has 1 aromatic heterocycles. The van der Waals surface area contributed by atoms with Crippen molar-refractivity contribution in [1.82, 2.24) is 9.55 Å². The Morgan fingerprint density at radius 2 is 2.05 bits per heavy atom. The van der Waals surface area contributed by atoms with Crippen molar-refractivity contribution in [3.8, 4) is 0 Å². The molecule has 0 aliphatic heterocycles. The van der Waals surface area contributed by atoms with Crippen molar-refractivity contribution in [2.24, 2.45) is 7.05 Å². The van der Waals surface area contributed by atoms with E-state index in [2.05, 4.69) is 4.98 Å². The van der Waals surface area contributed by atoms with Gasteiger partial charge < -0.3 is 19.0 Å². The van der Waals surface area contributed by atoms with Crippen molar-refractivity contribution in [1.29, 1.82) is 0 Å². The van der Waals surface area contributed by atoms with Gasteiger partial charge in [0.1, 0.15) is 11.1 Å². The summed E-state index contributed by atoms with van der Waals surface area (Å²) in [6, 6.07) is -0.707. The van der Waals surface area contributed by atoms with E-state index < -0.39 is 12.0 Å². The zero-order valence-electron chi connectivity index (χ0n) is 11.8. The minimum atomic E-state index is -1.11. The molecule has 1 heterocycles. The Labute approximate surface area is 117 Å². The molecule has 106 valence electrons. The molecule has 0 bridgehead atoms. The zero-order chi connectivity index (χ0) is 14.8. The van der Waals surface area contributed by atoms with Crippen LogP contribution in [0.2, 0.25) is 0 Å². The van der Waals surface area contributed by atoms with E-state index in [-0.39, 0.29) is 16.0 Å². The average molecular weight is 285 g/mol. The lowest BCUT2D eigenvalue weighted by atomic mass is 10.1. The van der Waals surface area contributed by atoms with E-state index in [4.69, 9.17) is 0 Å². The minimum absolute atomic E-state index is 0.0555. The number of carboxylic acids is 1. The first-order valence-corrected chi connectivity index (χ1v) is 6.65. The molecule has 0 aliphatic carbocycles. The van der Waals surface area contributed by atoms with E-state index in [1.165, 1.54) is 6.92 Å². The molecular formula is C12H19N3O3S. The second-order valence-corrected chi connectivity index (χ2v) is 6.52. The molecule has 1 atom stereocenters. The summed E-state index contributed by atoms with van der Waals surface area (Å²) in [5.74, 6) is -1.11. The number of carboxylic acid groups (broad SMARTS) is 1. The normalized spacial score (nSPS) is 13.3. The summed E-state index contributed by atoms with van der Waals surface area (Å²) < 4.78 is 1.96. The van der Waals surface area contributed by atoms with Gasteiger partial charge in [0, 0.05) is 14.0 Å². The average Bonchev–Trinajstić information content (AvgIpc) is 2.54. The fourth-order valence-electron chi connectivity index (χ4n) is 1.73. The quantitative estimate of drug-likeness (QED) is 0.535. The number of likely N-dealkylation sites (N-methyl/N-ethyl adjacent to an activating group) is 1. The highest BCUT2D eigenvalue weighted by Gasteiger charge is 2.28. The van der Waals surface area contributed by atoms with Crippen LogP contribution < -0.4 is 5.11 Å². The number of rotatable bonds is 5. The molecule has 0 spiro atoms. The molecule has 1 aromatic rings. The number of carbonyl (C=O) groups excluding carboxylic acids is 2. The number of aliphatic carboxylic acids is 1.